The summed E-state index contributed by atoms with van der Waals surface area (Å²) in [6.07, 6.45) is 3.28. The highest BCUT2D eigenvalue weighted by molar-refractivity contribution is 7.99. The third-order valence-corrected chi connectivity index (χ3v) is 3.51. The van der Waals surface area contributed by atoms with Gasteiger partial charge in [0.2, 0.25) is 5.95 Å². The number of anilines is 1. The van der Waals surface area contributed by atoms with E-state index >= 15 is 0 Å². The van der Waals surface area contributed by atoms with Crippen molar-refractivity contribution >= 4 is 17.6 Å². The van der Waals surface area contributed by atoms with Gasteiger partial charge >= 0.3 is 0 Å². The molecule has 0 amide bonds. The van der Waals surface area contributed by atoms with Crippen molar-refractivity contribution in [2.75, 3.05) is 18.1 Å². The van der Waals surface area contributed by atoms with E-state index in [9.17, 15) is 4.39 Å². The van der Waals surface area contributed by atoms with Crippen LogP contribution in [0.25, 0.3) is 0 Å². The molecule has 0 spiro atoms. The average molecular weight is 229 g/mol. The van der Waals surface area contributed by atoms with E-state index in [-0.39, 0.29) is 4.75 Å². The largest absolute Gasteiger partial charge is 0.368 e. The molecule has 0 saturated heterocycles. The van der Waals surface area contributed by atoms with E-state index in [1.54, 1.807) is 18.7 Å². The number of hydrogen-bond donors (Lipinski definition) is 1. The fourth-order valence-corrected chi connectivity index (χ4v) is 1.19. The number of nitrogens with zero attached hydrogens (tertiary/aromatic N) is 2. The van der Waals surface area contributed by atoms with Gasteiger partial charge in [-0.15, -0.1) is 0 Å². The van der Waals surface area contributed by atoms with E-state index in [1.807, 2.05) is 0 Å². The highest BCUT2D eigenvalue weighted by atomic mass is 32.2. The number of aromatic nitrogens is 2. The Labute approximate surface area is 93.9 Å². The number of rotatable bonds is 4. The normalized spacial score (nSPS) is 11.5. The Hall–Kier alpha value is -0.840. The monoisotopic (exact) mass is 229 g/mol. The van der Waals surface area contributed by atoms with Crippen molar-refractivity contribution in [2.45, 2.75) is 25.5 Å². The van der Waals surface area contributed by atoms with Crippen molar-refractivity contribution < 1.29 is 4.39 Å². The second-order valence-corrected chi connectivity index (χ2v) is 5.47. The maximum Gasteiger partial charge on any atom is 0.220 e. The lowest BCUT2D eigenvalue weighted by Crippen LogP contribution is -2.26. The van der Waals surface area contributed by atoms with Crippen LogP contribution in [0.1, 0.15) is 19.4 Å². The molecule has 0 aliphatic carbocycles. The van der Waals surface area contributed by atoms with Crippen LogP contribution in [0.5, 0.6) is 0 Å². The fraction of sp³-hybridized carbons (Fsp3) is 0.600. The van der Waals surface area contributed by atoms with E-state index in [0.717, 1.165) is 6.54 Å². The molecule has 0 bridgehead atoms. The van der Waals surface area contributed by atoms with Crippen molar-refractivity contribution in [3.8, 4) is 0 Å². The molecule has 0 aliphatic heterocycles. The Morgan fingerprint density at radius 1 is 1.47 bits per heavy atom. The minimum atomic E-state index is -0.463. The van der Waals surface area contributed by atoms with Crippen LogP contribution >= 0.6 is 11.8 Å². The zero-order valence-corrected chi connectivity index (χ0v) is 10.3. The Kier molecular flexibility index (Phi) is 3.90. The summed E-state index contributed by atoms with van der Waals surface area (Å²) in [6.45, 7) is 6.66. The molecule has 1 heterocycles. The lowest BCUT2D eigenvalue weighted by molar-refractivity contribution is 0.570. The molecule has 0 radical (unpaired) electrons. The molecule has 1 aromatic rings. The first kappa shape index (κ1) is 12.2. The minimum Gasteiger partial charge on any atom is -0.368 e. The Morgan fingerprint density at radius 3 is 2.73 bits per heavy atom. The first-order valence-electron chi connectivity index (χ1n) is 4.72. The summed E-state index contributed by atoms with van der Waals surface area (Å²) >= 11 is 1.76. The molecule has 3 nitrogen and oxygen atoms in total. The molecule has 0 fully saturated rings. The van der Waals surface area contributed by atoms with Crippen molar-refractivity contribution in [3.63, 3.8) is 0 Å². The molecule has 0 saturated carbocycles. The third kappa shape index (κ3) is 3.34. The van der Waals surface area contributed by atoms with Crippen LogP contribution in [-0.2, 0) is 0 Å². The van der Waals surface area contributed by atoms with Crippen LogP contribution in [0, 0.1) is 12.9 Å². The van der Waals surface area contributed by atoms with Crippen LogP contribution in [0.4, 0.5) is 10.2 Å². The molecule has 0 aliphatic rings. The van der Waals surface area contributed by atoms with Crippen molar-refractivity contribution in [3.05, 3.63) is 17.8 Å². The summed E-state index contributed by atoms with van der Waals surface area (Å²) in [6, 6.07) is 0. The number of hydrogen-bond acceptors (Lipinski definition) is 4. The maximum absolute atomic E-state index is 13.1. The quantitative estimate of drug-likeness (QED) is 0.805. The molecule has 15 heavy (non-hydrogen) atoms. The van der Waals surface area contributed by atoms with Crippen LogP contribution in [-0.4, -0.2) is 27.5 Å². The van der Waals surface area contributed by atoms with Gasteiger partial charge < -0.3 is 5.32 Å². The summed E-state index contributed by atoms with van der Waals surface area (Å²) in [4.78, 5) is 7.49. The number of nitrogens with one attached hydrogen (secondary N) is 1. The first-order valence-corrected chi connectivity index (χ1v) is 5.95. The van der Waals surface area contributed by atoms with Gasteiger partial charge in [0.1, 0.15) is 12.1 Å². The molecule has 84 valence electrons. The SMILES string of the molecule is CSC(C)(C)CNc1ncnc(F)c1C. The van der Waals surface area contributed by atoms with Crippen molar-refractivity contribution in [2.24, 2.45) is 0 Å². The van der Waals surface area contributed by atoms with E-state index < -0.39 is 5.95 Å². The van der Waals surface area contributed by atoms with Crippen LogP contribution in [0.15, 0.2) is 6.33 Å². The Balaban J connectivity index is 2.70. The fourth-order valence-electron chi connectivity index (χ4n) is 0.976. The Morgan fingerprint density at radius 2 is 2.13 bits per heavy atom. The standard InChI is InChI=1S/C10H16FN3S/c1-7-8(11)13-6-14-9(7)12-5-10(2,3)15-4/h6H,5H2,1-4H3,(H,12,13,14). The zero-order chi connectivity index (χ0) is 11.5. The molecule has 0 unspecified atom stereocenters. The lowest BCUT2D eigenvalue weighted by Gasteiger charge is -2.22. The minimum absolute atomic E-state index is 0.105. The summed E-state index contributed by atoms with van der Waals surface area (Å²) < 4.78 is 13.2. The van der Waals surface area contributed by atoms with Gasteiger partial charge in [-0.1, -0.05) is 0 Å². The van der Waals surface area contributed by atoms with Gasteiger partial charge in [0.15, 0.2) is 0 Å². The van der Waals surface area contributed by atoms with Crippen LogP contribution in [0.3, 0.4) is 0 Å². The van der Waals surface area contributed by atoms with Crippen LogP contribution in [0.2, 0.25) is 0 Å². The van der Waals surface area contributed by atoms with Crippen LogP contribution < -0.4 is 5.32 Å². The van der Waals surface area contributed by atoms with E-state index in [4.69, 9.17) is 0 Å². The maximum atomic E-state index is 13.1. The van der Waals surface area contributed by atoms with Gasteiger partial charge in [0, 0.05) is 16.9 Å². The second kappa shape index (κ2) is 4.79. The average Bonchev–Trinajstić information content (AvgIpc) is 2.20. The van der Waals surface area contributed by atoms with E-state index in [1.165, 1.54) is 6.33 Å². The molecule has 1 N–H and O–H groups in total. The summed E-state index contributed by atoms with van der Waals surface area (Å²) in [7, 11) is 0. The topological polar surface area (TPSA) is 37.8 Å². The number of halogens is 1. The molecule has 1 rings (SSSR count). The third-order valence-electron chi connectivity index (χ3n) is 2.26. The van der Waals surface area contributed by atoms with E-state index in [0.29, 0.717) is 11.4 Å². The predicted molar refractivity (Wildman–Crippen MR) is 62.8 cm³/mol. The van der Waals surface area contributed by atoms with Gasteiger partial charge in [-0.3, -0.25) is 0 Å². The predicted octanol–water partition coefficient (Wildman–Crippen LogP) is 2.48. The first-order chi connectivity index (χ1) is 6.96. The van der Waals surface area contributed by atoms with Crippen molar-refractivity contribution in [1.29, 1.82) is 0 Å². The molecular weight excluding hydrogens is 213 g/mol. The molecule has 5 heteroatoms. The Bertz CT molecular complexity index is 341. The van der Waals surface area contributed by atoms with Gasteiger partial charge in [0.25, 0.3) is 0 Å². The van der Waals surface area contributed by atoms with E-state index in [2.05, 4.69) is 35.4 Å². The lowest BCUT2D eigenvalue weighted by atomic mass is 10.2. The molecular formula is C10H16FN3S. The zero-order valence-electron chi connectivity index (χ0n) is 9.47. The van der Waals surface area contributed by atoms with Gasteiger partial charge in [-0.2, -0.15) is 16.2 Å². The van der Waals surface area contributed by atoms with Crippen molar-refractivity contribution in [1.82, 2.24) is 9.97 Å². The molecule has 0 atom stereocenters. The summed E-state index contributed by atoms with van der Waals surface area (Å²) in [5, 5.41) is 3.13. The van der Waals surface area contributed by atoms with Gasteiger partial charge in [-0.05, 0) is 27.0 Å². The number of thioether (sulfide) groups is 1. The molecule has 0 aromatic carbocycles. The summed E-state index contributed by atoms with van der Waals surface area (Å²) in [5.41, 5.74) is 0.467. The smallest absolute Gasteiger partial charge is 0.220 e. The summed E-state index contributed by atoms with van der Waals surface area (Å²) in [5.74, 6) is 0.110. The van der Waals surface area contributed by atoms with Gasteiger partial charge in [-0.25, -0.2) is 9.97 Å². The second-order valence-electron chi connectivity index (χ2n) is 3.96. The van der Waals surface area contributed by atoms with Gasteiger partial charge in [0.05, 0.1) is 0 Å². The highest BCUT2D eigenvalue weighted by Gasteiger charge is 2.16. The molecule has 1 aromatic heterocycles. The highest BCUT2D eigenvalue weighted by Crippen LogP contribution is 2.22.